The molecule has 4 heteroatoms. The van der Waals surface area contributed by atoms with E-state index in [1.165, 1.54) is 12.1 Å². The van der Waals surface area contributed by atoms with Crippen molar-refractivity contribution >= 4 is 11.3 Å². The van der Waals surface area contributed by atoms with Crippen LogP contribution in [0.25, 0.3) is 5.57 Å². The second-order valence-electron chi connectivity index (χ2n) is 5.88. The first kappa shape index (κ1) is 21.2. The Morgan fingerprint density at radius 2 is 1.79 bits per heavy atom. The van der Waals surface area contributed by atoms with Gasteiger partial charge >= 0.3 is 0 Å². The van der Waals surface area contributed by atoms with Crippen molar-refractivity contribution in [3.05, 3.63) is 102 Å². The maximum atomic E-state index is 13.0. The summed E-state index contributed by atoms with van der Waals surface area (Å²) in [6, 6.07) is 12.0. The highest BCUT2D eigenvalue weighted by Crippen LogP contribution is 2.41. The van der Waals surface area contributed by atoms with E-state index >= 15 is 0 Å². The molecule has 0 aliphatic carbocycles. The standard InChI is InChI=1S/C22H19F2NO.C2H6/c1-3-5-14(4-2)19-13-26-20-12-16(22(23)24)8-11-18(20)21(19)15-6-9-17(25)10-7-15;1-2/h3-12,22H,1-2,13,25H2;1-2H3/b14-5+;. The molecule has 0 fully saturated rings. The molecule has 0 unspecified atom stereocenters. The van der Waals surface area contributed by atoms with E-state index in [0.717, 1.165) is 27.8 Å². The SMILES string of the molecule is C=C/C=C(\C=C)C1=C(c2ccc(N)cc2)c2ccc(C(F)F)cc2OC1.CC. The number of hydrogen-bond acceptors (Lipinski definition) is 2. The zero-order valence-corrected chi connectivity index (χ0v) is 16.2. The van der Waals surface area contributed by atoms with Crippen LogP contribution in [0.3, 0.4) is 0 Å². The number of allylic oxidation sites excluding steroid dienone is 3. The van der Waals surface area contributed by atoms with E-state index in [1.807, 2.05) is 44.2 Å². The summed E-state index contributed by atoms with van der Waals surface area (Å²) in [7, 11) is 0. The second-order valence-corrected chi connectivity index (χ2v) is 5.88. The van der Waals surface area contributed by atoms with Crippen LogP contribution in [0, 0.1) is 0 Å². The lowest BCUT2D eigenvalue weighted by Crippen LogP contribution is -2.14. The summed E-state index contributed by atoms with van der Waals surface area (Å²) in [6.45, 7) is 11.9. The number of halogens is 2. The van der Waals surface area contributed by atoms with Crippen molar-refractivity contribution in [3.63, 3.8) is 0 Å². The molecule has 0 atom stereocenters. The van der Waals surface area contributed by atoms with Crippen molar-refractivity contribution in [3.8, 4) is 5.75 Å². The molecule has 0 amide bonds. The van der Waals surface area contributed by atoms with Gasteiger partial charge in [-0.15, -0.1) is 0 Å². The second kappa shape index (κ2) is 9.70. The average Bonchev–Trinajstić information content (AvgIpc) is 2.73. The highest BCUT2D eigenvalue weighted by atomic mass is 19.3. The summed E-state index contributed by atoms with van der Waals surface area (Å²) in [5.74, 6) is 0.445. The number of rotatable bonds is 5. The summed E-state index contributed by atoms with van der Waals surface area (Å²) in [6.07, 6.45) is 2.72. The zero-order chi connectivity index (χ0) is 20.7. The Balaban J connectivity index is 0.00000136. The minimum absolute atomic E-state index is 0.0607. The first-order valence-electron chi connectivity index (χ1n) is 9.15. The maximum absolute atomic E-state index is 13.0. The van der Waals surface area contributed by atoms with Crippen molar-refractivity contribution in [2.24, 2.45) is 0 Å². The minimum atomic E-state index is -2.54. The molecule has 1 aliphatic heterocycles. The molecular formula is C24H25F2NO. The van der Waals surface area contributed by atoms with Gasteiger partial charge in [0.25, 0.3) is 6.43 Å². The molecule has 3 rings (SSSR count). The quantitative estimate of drug-likeness (QED) is 0.460. The molecule has 0 spiro atoms. The number of benzene rings is 2. The van der Waals surface area contributed by atoms with Crippen LogP contribution in [0.4, 0.5) is 14.5 Å². The van der Waals surface area contributed by atoms with Gasteiger partial charge in [0, 0.05) is 22.4 Å². The van der Waals surface area contributed by atoms with Gasteiger partial charge in [0.15, 0.2) is 0 Å². The molecule has 2 nitrogen and oxygen atoms in total. The number of ether oxygens (including phenoxy) is 1. The van der Waals surface area contributed by atoms with E-state index in [2.05, 4.69) is 13.2 Å². The summed E-state index contributed by atoms with van der Waals surface area (Å²) in [4.78, 5) is 0. The Morgan fingerprint density at radius 3 is 2.36 bits per heavy atom. The van der Waals surface area contributed by atoms with E-state index in [-0.39, 0.29) is 12.2 Å². The fourth-order valence-corrected chi connectivity index (χ4v) is 3.01. The van der Waals surface area contributed by atoms with Crippen molar-refractivity contribution < 1.29 is 13.5 Å². The predicted octanol–water partition coefficient (Wildman–Crippen LogP) is 6.73. The van der Waals surface area contributed by atoms with Crippen LogP contribution < -0.4 is 10.5 Å². The highest BCUT2D eigenvalue weighted by molar-refractivity contribution is 5.89. The van der Waals surface area contributed by atoms with E-state index < -0.39 is 6.43 Å². The van der Waals surface area contributed by atoms with Gasteiger partial charge in [-0.05, 0) is 34.9 Å². The molecule has 0 radical (unpaired) electrons. The highest BCUT2D eigenvalue weighted by Gasteiger charge is 2.24. The van der Waals surface area contributed by atoms with Gasteiger partial charge in [0.2, 0.25) is 0 Å². The molecule has 1 aliphatic rings. The fraction of sp³-hybridized carbons (Fsp3) is 0.167. The van der Waals surface area contributed by atoms with Crippen LogP contribution in [-0.4, -0.2) is 6.61 Å². The third-order valence-electron chi connectivity index (χ3n) is 4.27. The third kappa shape index (κ3) is 4.39. The Morgan fingerprint density at radius 1 is 1.11 bits per heavy atom. The Hall–Kier alpha value is -3.14. The zero-order valence-electron chi connectivity index (χ0n) is 16.2. The molecule has 0 aromatic heterocycles. The fourth-order valence-electron chi connectivity index (χ4n) is 3.01. The Labute approximate surface area is 165 Å². The maximum Gasteiger partial charge on any atom is 0.263 e. The van der Waals surface area contributed by atoms with Gasteiger partial charge in [0.05, 0.1) is 0 Å². The van der Waals surface area contributed by atoms with Gasteiger partial charge in [-0.25, -0.2) is 8.78 Å². The van der Waals surface area contributed by atoms with Gasteiger partial charge in [-0.1, -0.05) is 69.5 Å². The van der Waals surface area contributed by atoms with Crippen molar-refractivity contribution in [1.82, 2.24) is 0 Å². The average molecular weight is 381 g/mol. The molecule has 2 N–H and O–H groups in total. The summed E-state index contributed by atoms with van der Waals surface area (Å²) >= 11 is 0. The molecule has 146 valence electrons. The molecule has 0 bridgehead atoms. The number of nitrogens with two attached hydrogens (primary N) is 1. The van der Waals surface area contributed by atoms with E-state index in [9.17, 15) is 8.78 Å². The predicted molar refractivity (Wildman–Crippen MR) is 114 cm³/mol. The van der Waals surface area contributed by atoms with Crippen LogP contribution in [0.1, 0.15) is 37.0 Å². The van der Waals surface area contributed by atoms with Crippen molar-refractivity contribution in [1.29, 1.82) is 0 Å². The number of anilines is 1. The lowest BCUT2D eigenvalue weighted by atomic mass is 9.87. The normalized spacial score (nSPS) is 13.2. The van der Waals surface area contributed by atoms with E-state index in [0.29, 0.717) is 11.4 Å². The summed E-state index contributed by atoms with van der Waals surface area (Å²) in [5, 5.41) is 0. The first-order chi connectivity index (χ1) is 13.5. The topological polar surface area (TPSA) is 35.2 Å². The van der Waals surface area contributed by atoms with Crippen LogP contribution in [0.5, 0.6) is 5.75 Å². The smallest absolute Gasteiger partial charge is 0.263 e. The van der Waals surface area contributed by atoms with Crippen LogP contribution in [0.15, 0.2) is 85.0 Å². The lowest BCUT2D eigenvalue weighted by Gasteiger charge is -2.26. The molecule has 2 aromatic rings. The van der Waals surface area contributed by atoms with Crippen LogP contribution in [0.2, 0.25) is 0 Å². The monoisotopic (exact) mass is 381 g/mol. The minimum Gasteiger partial charge on any atom is -0.488 e. The molecule has 28 heavy (non-hydrogen) atoms. The summed E-state index contributed by atoms with van der Waals surface area (Å²) < 4.78 is 31.9. The third-order valence-corrected chi connectivity index (χ3v) is 4.27. The number of nitrogen functional groups attached to an aromatic ring is 1. The number of fused-ring (bicyclic) bond motifs is 1. The van der Waals surface area contributed by atoms with Gasteiger partial charge in [-0.2, -0.15) is 0 Å². The first-order valence-corrected chi connectivity index (χ1v) is 9.15. The van der Waals surface area contributed by atoms with Gasteiger partial charge < -0.3 is 10.5 Å². The van der Waals surface area contributed by atoms with E-state index in [4.69, 9.17) is 10.5 Å². The molecule has 0 saturated carbocycles. The summed E-state index contributed by atoms with van der Waals surface area (Å²) in [5.41, 5.74) is 10.8. The Bertz CT molecular complexity index is 909. The Kier molecular flexibility index (Phi) is 7.33. The van der Waals surface area contributed by atoms with Crippen molar-refractivity contribution in [2.75, 3.05) is 12.3 Å². The number of hydrogen-bond donors (Lipinski definition) is 1. The molecule has 2 aromatic carbocycles. The molecule has 1 heterocycles. The molecular weight excluding hydrogens is 356 g/mol. The number of alkyl halides is 2. The van der Waals surface area contributed by atoms with Crippen LogP contribution >= 0.6 is 0 Å². The van der Waals surface area contributed by atoms with Gasteiger partial charge in [-0.3, -0.25) is 0 Å². The van der Waals surface area contributed by atoms with Gasteiger partial charge in [0.1, 0.15) is 12.4 Å². The van der Waals surface area contributed by atoms with Crippen LogP contribution in [-0.2, 0) is 0 Å². The largest absolute Gasteiger partial charge is 0.488 e. The lowest BCUT2D eigenvalue weighted by molar-refractivity contribution is 0.151. The van der Waals surface area contributed by atoms with E-state index in [1.54, 1.807) is 18.2 Å². The van der Waals surface area contributed by atoms with Crippen molar-refractivity contribution in [2.45, 2.75) is 20.3 Å². The molecule has 0 saturated heterocycles.